The maximum absolute atomic E-state index is 12.3. The molecule has 0 amide bonds. The number of nitrogens with one attached hydrogen (secondary N) is 1. The standard InChI is InChI=1S/C21H23N3O2/c25-19-6-3-4-16(12-19)14-23-8-10-24(11-9-23)15-18-13-17-5-1-2-7-20(17)22-21(18)26/h1-7,12-13,25H,8-11,14-15H2,(H,22,26). The van der Waals surface area contributed by atoms with Crippen molar-refractivity contribution in [3.63, 3.8) is 0 Å². The van der Waals surface area contributed by atoms with Crippen molar-refractivity contribution in [2.75, 3.05) is 26.2 Å². The Morgan fingerprint density at radius 1 is 0.885 bits per heavy atom. The molecule has 4 rings (SSSR count). The van der Waals surface area contributed by atoms with Crippen LogP contribution in [0, 0.1) is 0 Å². The first-order chi connectivity index (χ1) is 12.7. The summed E-state index contributed by atoms with van der Waals surface area (Å²) in [6.07, 6.45) is 0. The molecule has 26 heavy (non-hydrogen) atoms. The van der Waals surface area contributed by atoms with Crippen molar-refractivity contribution in [2.24, 2.45) is 0 Å². The average Bonchev–Trinajstić information content (AvgIpc) is 2.64. The number of hydrogen-bond donors (Lipinski definition) is 2. The molecule has 2 heterocycles. The second-order valence-corrected chi connectivity index (χ2v) is 6.93. The number of aromatic nitrogens is 1. The third kappa shape index (κ3) is 3.79. The number of piperazine rings is 1. The van der Waals surface area contributed by atoms with Crippen molar-refractivity contribution in [3.05, 3.63) is 76.1 Å². The lowest BCUT2D eigenvalue weighted by Crippen LogP contribution is -2.45. The quantitative estimate of drug-likeness (QED) is 0.760. The van der Waals surface area contributed by atoms with E-state index in [9.17, 15) is 9.90 Å². The van der Waals surface area contributed by atoms with E-state index in [1.54, 1.807) is 6.07 Å². The minimum absolute atomic E-state index is 0.00545. The molecule has 1 aliphatic rings. The van der Waals surface area contributed by atoms with Crippen molar-refractivity contribution in [3.8, 4) is 5.75 Å². The maximum Gasteiger partial charge on any atom is 0.252 e. The molecule has 3 aromatic rings. The number of benzene rings is 2. The summed E-state index contributed by atoms with van der Waals surface area (Å²) in [6.45, 7) is 5.32. The largest absolute Gasteiger partial charge is 0.508 e. The van der Waals surface area contributed by atoms with Gasteiger partial charge in [0.1, 0.15) is 5.75 Å². The van der Waals surface area contributed by atoms with E-state index in [-0.39, 0.29) is 5.56 Å². The summed E-state index contributed by atoms with van der Waals surface area (Å²) < 4.78 is 0. The van der Waals surface area contributed by atoms with Crippen LogP contribution in [0.2, 0.25) is 0 Å². The highest BCUT2D eigenvalue weighted by atomic mass is 16.3. The van der Waals surface area contributed by atoms with Gasteiger partial charge in [0, 0.05) is 50.3 Å². The van der Waals surface area contributed by atoms with Crippen LogP contribution in [-0.2, 0) is 13.1 Å². The number of aromatic hydroxyl groups is 1. The molecule has 134 valence electrons. The molecular weight excluding hydrogens is 326 g/mol. The zero-order valence-corrected chi connectivity index (χ0v) is 14.7. The minimum atomic E-state index is 0.00545. The van der Waals surface area contributed by atoms with Crippen molar-refractivity contribution >= 4 is 10.9 Å². The molecule has 1 aromatic heterocycles. The zero-order valence-electron chi connectivity index (χ0n) is 14.7. The van der Waals surface area contributed by atoms with Crippen molar-refractivity contribution in [1.29, 1.82) is 0 Å². The Balaban J connectivity index is 1.38. The zero-order chi connectivity index (χ0) is 17.9. The predicted octanol–water partition coefficient (Wildman–Crippen LogP) is 2.55. The number of aromatic amines is 1. The lowest BCUT2D eigenvalue weighted by atomic mass is 10.1. The molecule has 0 unspecified atom stereocenters. The van der Waals surface area contributed by atoms with Crippen molar-refractivity contribution in [1.82, 2.24) is 14.8 Å². The first-order valence-electron chi connectivity index (χ1n) is 9.01. The number of para-hydroxylation sites is 1. The lowest BCUT2D eigenvalue weighted by Gasteiger charge is -2.34. The number of nitrogens with zero attached hydrogens (tertiary/aromatic N) is 2. The van der Waals surface area contributed by atoms with E-state index in [1.165, 1.54) is 0 Å². The number of phenolic OH excluding ortho intramolecular Hbond substituents is 1. The van der Waals surface area contributed by atoms with Crippen LogP contribution >= 0.6 is 0 Å². The number of hydrogen-bond acceptors (Lipinski definition) is 4. The first-order valence-corrected chi connectivity index (χ1v) is 9.01. The summed E-state index contributed by atoms with van der Waals surface area (Å²) in [5.41, 5.74) is 2.85. The molecule has 0 bridgehead atoms. The Morgan fingerprint density at radius 3 is 2.38 bits per heavy atom. The summed E-state index contributed by atoms with van der Waals surface area (Å²) in [5.74, 6) is 0.316. The molecule has 0 spiro atoms. The third-order valence-corrected chi connectivity index (χ3v) is 5.01. The number of pyridine rings is 1. The van der Waals surface area contributed by atoms with Crippen molar-refractivity contribution in [2.45, 2.75) is 13.1 Å². The van der Waals surface area contributed by atoms with Gasteiger partial charge in [-0.15, -0.1) is 0 Å². The molecule has 1 fully saturated rings. The van der Waals surface area contributed by atoms with Crippen LogP contribution in [0.25, 0.3) is 10.9 Å². The van der Waals surface area contributed by atoms with Gasteiger partial charge in [-0.3, -0.25) is 14.6 Å². The second kappa shape index (κ2) is 7.32. The monoisotopic (exact) mass is 349 g/mol. The van der Waals surface area contributed by atoms with Gasteiger partial charge >= 0.3 is 0 Å². The SMILES string of the molecule is O=c1[nH]c2ccccc2cc1CN1CCN(Cc2cccc(O)c2)CC1. The first kappa shape index (κ1) is 16.8. The van der Waals surface area contributed by atoms with Gasteiger partial charge in [-0.05, 0) is 35.2 Å². The highest BCUT2D eigenvalue weighted by Crippen LogP contribution is 2.16. The van der Waals surface area contributed by atoms with Crippen LogP contribution in [0.1, 0.15) is 11.1 Å². The molecule has 0 radical (unpaired) electrons. The van der Waals surface area contributed by atoms with Gasteiger partial charge in [0.2, 0.25) is 0 Å². The highest BCUT2D eigenvalue weighted by Gasteiger charge is 2.18. The highest BCUT2D eigenvalue weighted by molar-refractivity contribution is 5.78. The van der Waals surface area contributed by atoms with E-state index in [0.29, 0.717) is 12.3 Å². The van der Waals surface area contributed by atoms with Gasteiger partial charge in [-0.2, -0.15) is 0 Å². The van der Waals surface area contributed by atoms with Gasteiger partial charge < -0.3 is 10.1 Å². The average molecular weight is 349 g/mol. The Bertz CT molecular complexity index is 959. The van der Waals surface area contributed by atoms with Gasteiger partial charge in [0.15, 0.2) is 0 Å². The Morgan fingerprint density at radius 2 is 1.62 bits per heavy atom. The van der Waals surface area contributed by atoms with E-state index < -0.39 is 0 Å². The van der Waals surface area contributed by atoms with Gasteiger partial charge in [-0.1, -0.05) is 30.3 Å². The number of phenols is 1. The molecule has 1 aliphatic heterocycles. The second-order valence-electron chi connectivity index (χ2n) is 6.93. The van der Waals surface area contributed by atoms with Gasteiger partial charge in [-0.25, -0.2) is 0 Å². The molecule has 0 aliphatic carbocycles. The summed E-state index contributed by atoms with van der Waals surface area (Å²) in [6, 6.07) is 17.3. The van der Waals surface area contributed by atoms with Crippen LogP contribution in [0.5, 0.6) is 5.75 Å². The van der Waals surface area contributed by atoms with E-state index >= 15 is 0 Å². The Hall–Kier alpha value is -2.63. The molecular formula is C21H23N3O2. The number of H-pyrrole nitrogens is 1. The van der Waals surface area contributed by atoms with E-state index in [2.05, 4.69) is 14.8 Å². The van der Waals surface area contributed by atoms with Crippen LogP contribution in [0.15, 0.2) is 59.4 Å². The summed E-state index contributed by atoms with van der Waals surface area (Å²) in [7, 11) is 0. The third-order valence-electron chi connectivity index (χ3n) is 5.01. The van der Waals surface area contributed by atoms with Crippen LogP contribution in [0.4, 0.5) is 0 Å². The van der Waals surface area contributed by atoms with Crippen LogP contribution in [0.3, 0.4) is 0 Å². The Labute approximate surface area is 152 Å². The van der Waals surface area contributed by atoms with Crippen molar-refractivity contribution < 1.29 is 5.11 Å². The molecule has 5 heteroatoms. The fourth-order valence-electron chi connectivity index (χ4n) is 3.57. The molecule has 1 saturated heterocycles. The van der Waals surface area contributed by atoms with E-state index in [0.717, 1.165) is 54.8 Å². The molecule has 0 atom stereocenters. The number of rotatable bonds is 4. The summed E-state index contributed by atoms with van der Waals surface area (Å²) in [5, 5.41) is 10.7. The fraction of sp³-hybridized carbons (Fsp3) is 0.286. The van der Waals surface area contributed by atoms with E-state index in [4.69, 9.17) is 0 Å². The van der Waals surface area contributed by atoms with Gasteiger partial charge in [0.25, 0.3) is 5.56 Å². The fourth-order valence-corrected chi connectivity index (χ4v) is 3.57. The van der Waals surface area contributed by atoms with E-state index in [1.807, 2.05) is 48.5 Å². The van der Waals surface area contributed by atoms with Crippen LogP contribution in [-0.4, -0.2) is 46.1 Å². The summed E-state index contributed by atoms with van der Waals surface area (Å²) >= 11 is 0. The molecule has 5 nitrogen and oxygen atoms in total. The Kier molecular flexibility index (Phi) is 4.73. The smallest absolute Gasteiger partial charge is 0.252 e. The normalized spacial score (nSPS) is 16.2. The maximum atomic E-state index is 12.3. The molecule has 2 aromatic carbocycles. The molecule has 0 saturated carbocycles. The minimum Gasteiger partial charge on any atom is -0.508 e. The summed E-state index contributed by atoms with van der Waals surface area (Å²) in [4.78, 5) is 20.0. The lowest BCUT2D eigenvalue weighted by molar-refractivity contribution is 0.121. The topological polar surface area (TPSA) is 59.6 Å². The number of fused-ring (bicyclic) bond motifs is 1. The van der Waals surface area contributed by atoms with Crippen LogP contribution < -0.4 is 5.56 Å². The van der Waals surface area contributed by atoms with Gasteiger partial charge in [0.05, 0.1) is 0 Å². The predicted molar refractivity (Wildman–Crippen MR) is 103 cm³/mol. The molecule has 2 N–H and O–H groups in total.